The Morgan fingerprint density at radius 3 is 2.85 bits per heavy atom. The summed E-state index contributed by atoms with van der Waals surface area (Å²) in [7, 11) is 3.36. The molecule has 0 bridgehead atoms. The molecular weight excluding hydrogens is 334 g/mol. The predicted molar refractivity (Wildman–Crippen MR) is 96.6 cm³/mol. The molecule has 26 heavy (non-hydrogen) atoms. The topological polar surface area (TPSA) is 74.9 Å². The number of aryl methyl sites for hydroxylation is 1. The summed E-state index contributed by atoms with van der Waals surface area (Å²) in [5, 5.41) is 0.978. The molecule has 7 heteroatoms. The number of likely N-dealkylation sites (tertiary alicyclic amines) is 1. The highest BCUT2D eigenvalue weighted by atomic mass is 16.6. The Hall–Kier alpha value is -2.70. The molecule has 4 rings (SSSR count). The number of carbonyl (C=O) groups is 2. The Morgan fingerprint density at radius 1 is 1.35 bits per heavy atom. The summed E-state index contributed by atoms with van der Waals surface area (Å²) < 4.78 is 10.9. The Morgan fingerprint density at radius 2 is 2.15 bits per heavy atom. The van der Waals surface area contributed by atoms with Crippen LogP contribution in [0.5, 0.6) is 5.75 Å². The summed E-state index contributed by atoms with van der Waals surface area (Å²) in [5.41, 5.74) is 1.82. The van der Waals surface area contributed by atoms with Crippen LogP contribution in [0.2, 0.25) is 0 Å². The van der Waals surface area contributed by atoms with Crippen molar-refractivity contribution in [3.8, 4) is 5.75 Å². The lowest BCUT2D eigenvalue weighted by Crippen LogP contribution is -2.52. The van der Waals surface area contributed by atoms with Crippen LogP contribution in [0.25, 0.3) is 10.9 Å². The SMILES string of the molecule is COc1ccc2[nH]c(C(=O)N3CCC[C@]4(CN(C)C(=O)O4)C3)c(C)c2c1. The number of hydrogen-bond donors (Lipinski definition) is 1. The van der Waals surface area contributed by atoms with Crippen molar-refractivity contribution < 1.29 is 19.1 Å². The van der Waals surface area contributed by atoms with E-state index in [2.05, 4.69) is 4.98 Å². The van der Waals surface area contributed by atoms with Gasteiger partial charge in [0.1, 0.15) is 17.0 Å². The summed E-state index contributed by atoms with van der Waals surface area (Å²) in [5.74, 6) is 0.707. The van der Waals surface area contributed by atoms with Gasteiger partial charge in [-0.15, -0.1) is 0 Å². The molecule has 2 aliphatic rings. The molecule has 2 aliphatic heterocycles. The van der Waals surface area contributed by atoms with Crippen molar-refractivity contribution in [3.05, 3.63) is 29.5 Å². The van der Waals surface area contributed by atoms with Crippen LogP contribution in [0.1, 0.15) is 28.9 Å². The number of piperidine rings is 1. The lowest BCUT2D eigenvalue weighted by Gasteiger charge is -2.38. The molecule has 3 heterocycles. The molecule has 2 aromatic rings. The van der Waals surface area contributed by atoms with Crippen LogP contribution >= 0.6 is 0 Å². The number of fused-ring (bicyclic) bond motifs is 1. The molecular formula is C19H23N3O4. The van der Waals surface area contributed by atoms with Gasteiger partial charge >= 0.3 is 6.09 Å². The summed E-state index contributed by atoms with van der Waals surface area (Å²) in [6.45, 7) is 3.56. The van der Waals surface area contributed by atoms with E-state index in [1.54, 1.807) is 24.0 Å². The number of likely N-dealkylation sites (N-methyl/N-ethyl adjacent to an activating group) is 1. The van der Waals surface area contributed by atoms with Crippen molar-refractivity contribution in [2.24, 2.45) is 0 Å². The van der Waals surface area contributed by atoms with E-state index < -0.39 is 5.60 Å². The molecule has 0 unspecified atom stereocenters. The van der Waals surface area contributed by atoms with E-state index in [0.29, 0.717) is 25.3 Å². The highest BCUT2D eigenvalue weighted by Gasteiger charge is 2.47. The lowest BCUT2D eigenvalue weighted by molar-refractivity contribution is -0.00540. The molecule has 0 radical (unpaired) electrons. The Balaban J connectivity index is 1.62. The minimum Gasteiger partial charge on any atom is -0.497 e. The van der Waals surface area contributed by atoms with Crippen LogP contribution in [0.4, 0.5) is 4.79 Å². The number of amides is 2. The second-order valence-electron chi connectivity index (χ2n) is 7.27. The van der Waals surface area contributed by atoms with E-state index in [1.807, 2.05) is 25.1 Å². The quantitative estimate of drug-likeness (QED) is 0.896. The number of aromatic nitrogens is 1. The molecule has 138 valence electrons. The predicted octanol–water partition coefficient (Wildman–Crippen LogP) is 2.54. The van der Waals surface area contributed by atoms with Gasteiger partial charge in [0.15, 0.2) is 0 Å². The average Bonchev–Trinajstić information content (AvgIpc) is 3.10. The molecule has 1 N–H and O–H groups in total. The van der Waals surface area contributed by atoms with E-state index in [1.165, 1.54) is 0 Å². The zero-order chi connectivity index (χ0) is 18.5. The second-order valence-corrected chi connectivity index (χ2v) is 7.27. The van der Waals surface area contributed by atoms with Gasteiger partial charge in [-0.25, -0.2) is 4.79 Å². The maximum atomic E-state index is 13.2. The van der Waals surface area contributed by atoms with E-state index in [-0.39, 0.29) is 12.0 Å². The van der Waals surface area contributed by atoms with Crippen molar-refractivity contribution in [2.75, 3.05) is 33.8 Å². The minimum absolute atomic E-state index is 0.0534. The van der Waals surface area contributed by atoms with Gasteiger partial charge in [-0.1, -0.05) is 0 Å². The van der Waals surface area contributed by atoms with Crippen LogP contribution in [0, 0.1) is 6.92 Å². The molecule has 2 fully saturated rings. The normalized spacial score (nSPS) is 23.0. The third-order valence-electron chi connectivity index (χ3n) is 5.45. The van der Waals surface area contributed by atoms with E-state index in [4.69, 9.17) is 9.47 Å². The Labute approximate surface area is 151 Å². The Bertz CT molecular complexity index is 890. The molecule has 1 aromatic heterocycles. The van der Waals surface area contributed by atoms with E-state index >= 15 is 0 Å². The van der Waals surface area contributed by atoms with E-state index in [0.717, 1.165) is 35.1 Å². The van der Waals surface area contributed by atoms with Gasteiger partial charge in [-0.2, -0.15) is 0 Å². The third kappa shape index (κ3) is 2.58. The van der Waals surface area contributed by atoms with Gasteiger partial charge in [-0.3, -0.25) is 4.79 Å². The van der Waals surface area contributed by atoms with Gasteiger partial charge in [0, 0.05) is 24.5 Å². The number of aromatic amines is 1. The van der Waals surface area contributed by atoms with Crippen molar-refractivity contribution in [3.63, 3.8) is 0 Å². The fraction of sp³-hybridized carbons (Fsp3) is 0.474. The maximum Gasteiger partial charge on any atom is 0.410 e. The fourth-order valence-electron chi connectivity index (χ4n) is 4.08. The van der Waals surface area contributed by atoms with Gasteiger partial charge in [0.2, 0.25) is 0 Å². The summed E-state index contributed by atoms with van der Waals surface area (Å²) >= 11 is 0. The standard InChI is InChI=1S/C19H23N3O4/c1-12-14-9-13(25-3)5-6-15(14)20-16(12)17(23)22-8-4-7-19(11-22)10-21(2)18(24)26-19/h5-6,9,20H,4,7-8,10-11H2,1-3H3/t19-/m0/s1. The molecule has 2 amide bonds. The first kappa shape index (κ1) is 16.8. The van der Waals surface area contributed by atoms with Crippen LogP contribution < -0.4 is 4.74 Å². The molecule has 0 aliphatic carbocycles. The molecule has 1 aromatic carbocycles. The molecule has 2 saturated heterocycles. The fourth-order valence-corrected chi connectivity index (χ4v) is 4.08. The molecule has 7 nitrogen and oxygen atoms in total. The van der Waals surface area contributed by atoms with Crippen molar-refractivity contribution in [1.29, 1.82) is 0 Å². The monoisotopic (exact) mass is 357 g/mol. The number of hydrogen-bond acceptors (Lipinski definition) is 4. The number of rotatable bonds is 2. The van der Waals surface area contributed by atoms with Gasteiger partial charge in [0.25, 0.3) is 5.91 Å². The van der Waals surface area contributed by atoms with E-state index in [9.17, 15) is 9.59 Å². The van der Waals surface area contributed by atoms with Crippen molar-refractivity contribution in [2.45, 2.75) is 25.4 Å². The number of H-pyrrole nitrogens is 1. The molecule has 0 saturated carbocycles. The van der Waals surface area contributed by atoms with Crippen molar-refractivity contribution in [1.82, 2.24) is 14.8 Å². The van der Waals surface area contributed by atoms with Gasteiger partial charge < -0.3 is 24.3 Å². The summed E-state index contributed by atoms with van der Waals surface area (Å²) in [6, 6.07) is 5.73. The van der Waals surface area contributed by atoms with Crippen LogP contribution in [0.3, 0.4) is 0 Å². The van der Waals surface area contributed by atoms with Gasteiger partial charge in [-0.05, 0) is 43.5 Å². The second kappa shape index (κ2) is 5.93. The largest absolute Gasteiger partial charge is 0.497 e. The zero-order valence-electron chi connectivity index (χ0n) is 15.3. The average molecular weight is 357 g/mol. The van der Waals surface area contributed by atoms with Gasteiger partial charge in [0.05, 0.1) is 20.2 Å². The third-order valence-corrected chi connectivity index (χ3v) is 5.45. The van der Waals surface area contributed by atoms with Crippen molar-refractivity contribution >= 4 is 22.9 Å². The Kier molecular flexibility index (Phi) is 3.82. The number of methoxy groups -OCH3 is 1. The first-order valence-electron chi connectivity index (χ1n) is 8.82. The lowest BCUT2D eigenvalue weighted by atomic mass is 9.92. The number of ether oxygens (including phenoxy) is 2. The highest BCUT2D eigenvalue weighted by molar-refractivity contribution is 6.01. The first-order valence-corrected chi connectivity index (χ1v) is 8.82. The summed E-state index contributed by atoms with van der Waals surface area (Å²) in [4.78, 5) is 31.6. The molecule has 1 spiro atoms. The smallest absolute Gasteiger partial charge is 0.410 e. The first-order chi connectivity index (χ1) is 12.4. The van der Waals surface area contributed by atoms with Crippen LogP contribution in [-0.2, 0) is 4.74 Å². The molecule has 1 atom stereocenters. The number of benzene rings is 1. The minimum atomic E-state index is -0.580. The number of nitrogens with one attached hydrogen (secondary N) is 1. The highest BCUT2D eigenvalue weighted by Crippen LogP contribution is 2.33. The summed E-state index contributed by atoms with van der Waals surface area (Å²) in [6.07, 6.45) is 1.29. The number of carbonyl (C=O) groups excluding carboxylic acids is 2. The maximum absolute atomic E-state index is 13.2. The van der Waals surface area contributed by atoms with Crippen LogP contribution in [0.15, 0.2) is 18.2 Å². The number of nitrogens with zero attached hydrogens (tertiary/aromatic N) is 2. The van der Waals surface area contributed by atoms with Crippen LogP contribution in [-0.4, -0.2) is 66.2 Å². The zero-order valence-corrected chi connectivity index (χ0v) is 15.3.